The van der Waals surface area contributed by atoms with Crippen LogP contribution >= 0.6 is 20.2 Å². The van der Waals surface area contributed by atoms with Crippen molar-refractivity contribution in [3.8, 4) is 23.0 Å². The number of phenols is 3. The summed E-state index contributed by atoms with van der Waals surface area (Å²) in [4.78, 5) is 12.8. The quantitative estimate of drug-likeness (QED) is 0.124. The van der Waals surface area contributed by atoms with E-state index < -0.39 is 43.5 Å². The van der Waals surface area contributed by atoms with Crippen LogP contribution in [0.15, 0.2) is 66.7 Å². The monoisotopic (exact) mass is 578 g/mol. The molecule has 7 heteroatoms. The van der Waals surface area contributed by atoms with E-state index in [4.69, 9.17) is 7.80 Å². The molecule has 0 amide bonds. The van der Waals surface area contributed by atoms with E-state index in [1.807, 2.05) is 54.6 Å². The molecule has 0 radical (unpaired) electrons. The number of carbonyl (C=O) groups excluding carboxylic acids is 1. The SMILES string of the molecule is CCCCCCCCOc1ccc(I(OC(=O)c2cc(O)c(O)c(O)c2)c2ccccc2)cc1. The maximum atomic E-state index is 12.8. The van der Waals surface area contributed by atoms with Gasteiger partial charge in [0.25, 0.3) is 0 Å². The van der Waals surface area contributed by atoms with Crippen LogP contribution in [0.2, 0.25) is 0 Å². The molecule has 0 spiro atoms. The third-order valence-electron chi connectivity index (χ3n) is 5.16. The van der Waals surface area contributed by atoms with Crippen molar-refractivity contribution in [3.05, 3.63) is 79.4 Å². The van der Waals surface area contributed by atoms with Gasteiger partial charge in [-0.25, -0.2) is 0 Å². The van der Waals surface area contributed by atoms with Crippen LogP contribution in [0.3, 0.4) is 0 Å². The summed E-state index contributed by atoms with van der Waals surface area (Å²) in [7, 11) is 0. The molecule has 6 nitrogen and oxygen atoms in total. The number of hydrogen-bond acceptors (Lipinski definition) is 6. The van der Waals surface area contributed by atoms with Crippen molar-refractivity contribution in [1.29, 1.82) is 0 Å². The minimum atomic E-state index is -2.64. The number of aromatic hydroxyl groups is 3. The summed E-state index contributed by atoms with van der Waals surface area (Å²) in [6, 6.07) is 19.3. The molecule has 0 saturated heterocycles. The van der Waals surface area contributed by atoms with E-state index in [0.29, 0.717) is 6.61 Å². The van der Waals surface area contributed by atoms with Gasteiger partial charge in [-0.05, 0) is 0 Å². The molecular weight excluding hydrogens is 547 g/mol. The molecule has 34 heavy (non-hydrogen) atoms. The van der Waals surface area contributed by atoms with Gasteiger partial charge in [0.1, 0.15) is 0 Å². The van der Waals surface area contributed by atoms with Crippen LogP contribution < -0.4 is 4.74 Å². The molecule has 0 saturated carbocycles. The van der Waals surface area contributed by atoms with Gasteiger partial charge in [0, 0.05) is 0 Å². The molecule has 0 fully saturated rings. The van der Waals surface area contributed by atoms with E-state index in [2.05, 4.69) is 6.92 Å². The topological polar surface area (TPSA) is 96.2 Å². The van der Waals surface area contributed by atoms with Crippen LogP contribution in [-0.2, 0) is 3.07 Å². The van der Waals surface area contributed by atoms with Crippen molar-refractivity contribution in [3.63, 3.8) is 0 Å². The van der Waals surface area contributed by atoms with Gasteiger partial charge >= 0.3 is 202 Å². The average Bonchev–Trinajstić information content (AvgIpc) is 2.86. The molecule has 3 aromatic carbocycles. The molecule has 0 heterocycles. The Balaban J connectivity index is 1.69. The van der Waals surface area contributed by atoms with E-state index in [1.54, 1.807) is 0 Å². The fourth-order valence-corrected chi connectivity index (χ4v) is 7.26. The predicted octanol–water partition coefficient (Wildman–Crippen LogP) is 6.86. The Hall–Kier alpha value is -2.94. The molecule has 0 bridgehead atoms. The number of ether oxygens (including phenoxy) is 1. The Morgan fingerprint density at radius 3 is 2.03 bits per heavy atom. The summed E-state index contributed by atoms with van der Waals surface area (Å²) in [5, 5.41) is 29.1. The van der Waals surface area contributed by atoms with Gasteiger partial charge in [0.2, 0.25) is 0 Å². The first-order valence-corrected chi connectivity index (χ1v) is 14.5. The van der Waals surface area contributed by atoms with Crippen molar-refractivity contribution >= 4 is 26.2 Å². The van der Waals surface area contributed by atoms with Gasteiger partial charge in [-0.3, -0.25) is 0 Å². The first-order chi connectivity index (χ1) is 16.5. The first-order valence-electron chi connectivity index (χ1n) is 11.4. The van der Waals surface area contributed by atoms with E-state index in [-0.39, 0.29) is 5.56 Å². The van der Waals surface area contributed by atoms with Crippen molar-refractivity contribution < 1.29 is 27.9 Å². The number of carbonyl (C=O) groups is 1. The minimum absolute atomic E-state index is 0.0371. The molecule has 0 atom stereocenters. The normalized spacial score (nSPS) is 11.1. The van der Waals surface area contributed by atoms with Crippen LogP contribution in [0.1, 0.15) is 55.8 Å². The van der Waals surface area contributed by atoms with Gasteiger partial charge in [-0.2, -0.15) is 0 Å². The van der Waals surface area contributed by atoms with Crippen molar-refractivity contribution in [1.82, 2.24) is 0 Å². The van der Waals surface area contributed by atoms with Crippen LogP contribution in [-0.4, -0.2) is 27.9 Å². The zero-order valence-corrected chi connectivity index (χ0v) is 21.4. The molecule has 0 unspecified atom stereocenters. The Morgan fingerprint density at radius 2 is 1.38 bits per heavy atom. The van der Waals surface area contributed by atoms with Crippen LogP contribution in [0.4, 0.5) is 0 Å². The average molecular weight is 578 g/mol. The third kappa shape index (κ3) is 7.28. The standard InChI is InChI=1S/C27H31IO6/c1-2-3-4-5-6-10-17-33-23-15-13-22(14-16-23)28(21-11-8-7-9-12-21)34-27(32)20-18-24(29)26(31)25(30)19-20/h7-9,11-16,18-19,29-31H,2-6,10,17H2,1H3. The molecule has 182 valence electrons. The second-order valence-corrected chi connectivity index (χ2v) is 12.2. The Morgan fingerprint density at radius 1 is 0.794 bits per heavy atom. The summed E-state index contributed by atoms with van der Waals surface area (Å²) < 4.78 is 13.6. The molecule has 0 aliphatic heterocycles. The summed E-state index contributed by atoms with van der Waals surface area (Å²) in [5.74, 6) is -1.74. The number of halogens is 1. The molecule has 3 rings (SSSR count). The number of phenolic OH excluding ortho intramolecular Hbond substituents is 3. The second-order valence-electron chi connectivity index (χ2n) is 7.84. The number of unbranched alkanes of at least 4 members (excludes halogenated alkanes) is 5. The molecule has 3 aromatic rings. The van der Waals surface area contributed by atoms with Gasteiger partial charge in [0.05, 0.1) is 0 Å². The third-order valence-corrected chi connectivity index (χ3v) is 9.70. The zero-order valence-electron chi connectivity index (χ0n) is 19.2. The molecular formula is C27H31IO6. The van der Waals surface area contributed by atoms with E-state index in [1.165, 1.54) is 32.1 Å². The van der Waals surface area contributed by atoms with E-state index in [9.17, 15) is 20.1 Å². The van der Waals surface area contributed by atoms with Gasteiger partial charge in [-0.1, -0.05) is 6.92 Å². The van der Waals surface area contributed by atoms with Crippen molar-refractivity contribution in [2.75, 3.05) is 6.61 Å². The Bertz CT molecular complexity index is 1030. The van der Waals surface area contributed by atoms with E-state index >= 15 is 0 Å². The fraction of sp³-hybridized carbons (Fsp3) is 0.296. The number of benzene rings is 3. The molecule has 0 aliphatic carbocycles. The summed E-state index contributed by atoms with van der Waals surface area (Å²) in [6.07, 6.45) is 7.24. The van der Waals surface area contributed by atoms with Gasteiger partial charge in [0.15, 0.2) is 0 Å². The zero-order chi connectivity index (χ0) is 24.3. The number of rotatable bonds is 12. The summed E-state index contributed by atoms with van der Waals surface area (Å²) >= 11 is -2.64. The number of hydrogen-bond donors (Lipinski definition) is 3. The van der Waals surface area contributed by atoms with Crippen molar-refractivity contribution in [2.45, 2.75) is 45.4 Å². The molecule has 3 N–H and O–H groups in total. The van der Waals surface area contributed by atoms with Crippen LogP contribution in [0.25, 0.3) is 0 Å². The van der Waals surface area contributed by atoms with Gasteiger partial charge in [-0.15, -0.1) is 0 Å². The van der Waals surface area contributed by atoms with Crippen LogP contribution in [0.5, 0.6) is 23.0 Å². The Kier molecular flexibility index (Phi) is 9.88. The fourth-order valence-electron chi connectivity index (χ4n) is 3.30. The van der Waals surface area contributed by atoms with Gasteiger partial charge < -0.3 is 0 Å². The Labute approximate surface area is 208 Å². The summed E-state index contributed by atoms with van der Waals surface area (Å²) in [6.45, 7) is 2.89. The first kappa shape index (κ1) is 25.7. The summed E-state index contributed by atoms with van der Waals surface area (Å²) in [5.41, 5.74) is -0.0371. The van der Waals surface area contributed by atoms with Crippen molar-refractivity contribution in [2.24, 2.45) is 0 Å². The predicted molar refractivity (Wildman–Crippen MR) is 140 cm³/mol. The van der Waals surface area contributed by atoms with Crippen LogP contribution in [0, 0.1) is 7.14 Å². The maximum absolute atomic E-state index is 12.8. The molecule has 0 aliphatic rings. The molecule has 0 aromatic heterocycles. The van der Waals surface area contributed by atoms with E-state index in [0.717, 1.165) is 31.4 Å². The second kappa shape index (κ2) is 13.1.